The van der Waals surface area contributed by atoms with E-state index in [0.717, 1.165) is 41.2 Å². The second kappa shape index (κ2) is 6.81. The third-order valence-corrected chi connectivity index (χ3v) is 4.25. The van der Waals surface area contributed by atoms with Crippen molar-refractivity contribution in [3.8, 4) is 23.0 Å². The quantitative estimate of drug-likeness (QED) is 0.607. The average molecular weight is 330 g/mol. The van der Waals surface area contributed by atoms with E-state index in [-0.39, 0.29) is 5.78 Å². The van der Waals surface area contributed by atoms with Crippen molar-refractivity contribution in [3.05, 3.63) is 83.9 Å². The Morgan fingerprint density at radius 2 is 1.32 bits per heavy atom. The van der Waals surface area contributed by atoms with E-state index in [0.29, 0.717) is 12.2 Å². The summed E-state index contributed by atoms with van der Waals surface area (Å²) in [5.74, 6) is 3.18. The second-order valence-corrected chi connectivity index (χ2v) is 6.09. The first-order chi connectivity index (χ1) is 12.3. The van der Waals surface area contributed by atoms with Gasteiger partial charge in [-0.05, 0) is 60.9 Å². The minimum absolute atomic E-state index is 0.228. The lowest BCUT2D eigenvalue weighted by atomic mass is 9.90. The molecule has 0 amide bonds. The Kier molecular flexibility index (Phi) is 4.21. The van der Waals surface area contributed by atoms with Gasteiger partial charge in [-0.2, -0.15) is 0 Å². The number of ketones is 1. The molecule has 0 N–H and O–H groups in total. The summed E-state index contributed by atoms with van der Waals surface area (Å²) in [5, 5.41) is 0. The van der Waals surface area contributed by atoms with Crippen molar-refractivity contribution in [2.45, 2.75) is 19.3 Å². The maximum Gasteiger partial charge on any atom is 0.163 e. The first-order valence-corrected chi connectivity index (χ1v) is 8.45. The van der Waals surface area contributed by atoms with Crippen molar-refractivity contribution < 1.29 is 14.3 Å². The molecule has 0 heterocycles. The molecule has 25 heavy (non-hydrogen) atoms. The molecule has 0 radical (unpaired) electrons. The van der Waals surface area contributed by atoms with Crippen LogP contribution in [-0.2, 0) is 6.42 Å². The van der Waals surface area contributed by atoms with E-state index >= 15 is 0 Å². The van der Waals surface area contributed by atoms with Crippen LogP contribution in [0.15, 0.2) is 72.8 Å². The fraction of sp³-hybridized carbons (Fsp3) is 0.136. The van der Waals surface area contributed by atoms with Gasteiger partial charge in [0.2, 0.25) is 0 Å². The number of fused-ring (bicyclic) bond motifs is 1. The Bertz CT molecular complexity index is 900. The van der Waals surface area contributed by atoms with Gasteiger partial charge in [-0.3, -0.25) is 4.79 Å². The lowest BCUT2D eigenvalue weighted by molar-refractivity contribution is 0.0972. The van der Waals surface area contributed by atoms with Crippen molar-refractivity contribution in [1.29, 1.82) is 0 Å². The van der Waals surface area contributed by atoms with E-state index in [2.05, 4.69) is 0 Å². The predicted molar refractivity (Wildman–Crippen MR) is 96.7 cm³/mol. The molecule has 0 unspecified atom stereocenters. The molecule has 0 aliphatic heterocycles. The number of carbonyl (C=O) groups excluding carboxylic acids is 1. The molecule has 3 heteroatoms. The van der Waals surface area contributed by atoms with Crippen LogP contribution in [0.2, 0.25) is 0 Å². The van der Waals surface area contributed by atoms with E-state index in [4.69, 9.17) is 9.47 Å². The van der Waals surface area contributed by atoms with Crippen LogP contribution in [0.4, 0.5) is 0 Å². The first-order valence-electron chi connectivity index (χ1n) is 8.45. The predicted octanol–water partition coefficient (Wildman–Crippen LogP) is 5.79. The van der Waals surface area contributed by atoms with Crippen LogP contribution in [0.25, 0.3) is 0 Å². The Hall–Kier alpha value is -3.07. The summed E-state index contributed by atoms with van der Waals surface area (Å²) >= 11 is 0. The normalized spacial score (nSPS) is 13.2. The summed E-state index contributed by atoms with van der Waals surface area (Å²) in [6.07, 6.45) is 2.48. The molecule has 4 rings (SSSR count). The van der Waals surface area contributed by atoms with Gasteiger partial charge in [0.15, 0.2) is 5.78 Å². The lowest BCUT2D eigenvalue weighted by Gasteiger charge is -2.16. The van der Waals surface area contributed by atoms with Crippen LogP contribution in [0, 0.1) is 0 Å². The van der Waals surface area contributed by atoms with Gasteiger partial charge in [0, 0.05) is 18.1 Å². The Morgan fingerprint density at radius 3 is 2.12 bits per heavy atom. The van der Waals surface area contributed by atoms with Gasteiger partial charge >= 0.3 is 0 Å². The van der Waals surface area contributed by atoms with Gasteiger partial charge in [-0.15, -0.1) is 0 Å². The molecule has 0 bridgehead atoms. The summed E-state index contributed by atoms with van der Waals surface area (Å²) in [4.78, 5) is 11.9. The number of hydrogen-bond acceptors (Lipinski definition) is 3. The second-order valence-electron chi connectivity index (χ2n) is 6.09. The number of ether oxygens (including phenoxy) is 2. The summed E-state index contributed by atoms with van der Waals surface area (Å²) in [6.45, 7) is 0. The first kappa shape index (κ1) is 15.5. The fourth-order valence-electron chi connectivity index (χ4n) is 3.05. The zero-order valence-electron chi connectivity index (χ0n) is 13.8. The van der Waals surface area contributed by atoms with Crippen LogP contribution in [0.3, 0.4) is 0 Å². The molecule has 0 aromatic heterocycles. The number of Topliss-reactive ketones (excluding diaryl/α,β-unsaturated/α-hetero) is 1. The average Bonchev–Trinajstić information content (AvgIpc) is 2.63. The molecular formula is C22H18O3. The van der Waals surface area contributed by atoms with Crippen molar-refractivity contribution >= 4 is 5.78 Å². The molecular weight excluding hydrogens is 312 g/mol. The number of aryl methyl sites for hydroxylation is 1. The molecule has 1 aliphatic rings. The topological polar surface area (TPSA) is 35.5 Å². The maximum absolute atomic E-state index is 11.9. The summed E-state index contributed by atoms with van der Waals surface area (Å²) < 4.78 is 11.8. The van der Waals surface area contributed by atoms with Gasteiger partial charge in [-0.25, -0.2) is 0 Å². The molecule has 3 nitrogen and oxygen atoms in total. The maximum atomic E-state index is 11.9. The molecule has 3 aromatic carbocycles. The lowest BCUT2D eigenvalue weighted by Crippen LogP contribution is -2.10. The molecule has 124 valence electrons. The number of benzene rings is 3. The minimum Gasteiger partial charge on any atom is -0.457 e. The summed E-state index contributed by atoms with van der Waals surface area (Å²) in [5.41, 5.74) is 1.91. The molecule has 0 atom stereocenters. The van der Waals surface area contributed by atoms with Crippen molar-refractivity contribution in [3.63, 3.8) is 0 Å². The molecule has 0 spiro atoms. The van der Waals surface area contributed by atoms with Gasteiger partial charge in [0.25, 0.3) is 0 Å². The standard InChI is InChI=1S/C22H18O3/c23-22-11-4-6-16-14-20(12-13-21(16)22)25-19-10-5-9-18(15-19)24-17-7-2-1-3-8-17/h1-3,5,7-10,12-15H,4,6,11H2. The van der Waals surface area contributed by atoms with E-state index in [9.17, 15) is 4.79 Å². The highest BCUT2D eigenvalue weighted by Crippen LogP contribution is 2.31. The number of carbonyl (C=O) groups is 1. The molecule has 1 aliphatic carbocycles. The molecule has 0 saturated heterocycles. The van der Waals surface area contributed by atoms with Gasteiger partial charge in [0.05, 0.1) is 0 Å². The Morgan fingerprint density at radius 1 is 0.640 bits per heavy atom. The number of para-hydroxylation sites is 1. The van der Waals surface area contributed by atoms with Crippen LogP contribution in [-0.4, -0.2) is 5.78 Å². The summed E-state index contributed by atoms with van der Waals surface area (Å²) in [7, 11) is 0. The van der Waals surface area contributed by atoms with Gasteiger partial charge in [-0.1, -0.05) is 24.3 Å². The Balaban J connectivity index is 1.53. The monoisotopic (exact) mass is 330 g/mol. The number of hydrogen-bond donors (Lipinski definition) is 0. The zero-order valence-corrected chi connectivity index (χ0v) is 13.8. The third-order valence-electron chi connectivity index (χ3n) is 4.25. The zero-order chi connectivity index (χ0) is 17.1. The van der Waals surface area contributed by atoms with E-state index in [1.54, 1.807) is 0 Å². The molecule has 3 aromatic rings. The fourth-order valence-corrected chi connectivity index (χ4v) is 3.05. The van der Waals surface area contributed by atoms with Crippen molar-refractivity contribution in [2.24, 2.45) is 0 Å². The van der Waals surface area contributed by atoms with E-state index in [1.165, 1.54) is 0 Å². The molecule has 0 saturated carbocycles. The molecule has 0 fully saturated rings. The highest BCUT2D eigenvalue weighted by atomic mass is 16.5. The van der Waals surface area contributed by atoms with E-state index in [1.807, 2.05) is 72.8 Å². The van der Waals surface area contributed by atoms with Crippen LogP contribution >= 0.6 is 0 Å². The minimum atomic E-state index is 0.228. The number of rotatable bonds is 4. The smallest absolute Gasteiger partial charge is 0.163 e. The largest absolute Gasteiger partial charge is 0.457 e. The summed E-state index contributed by atoms with van der Waals surface area (Å²) in [6, 6.07) is 22.9. The van der Waals surface area contributed by atoms with Crippen molar-refractivity contribution in [2.75, 3.05) is 0 Å². The highest BCUT2D eigenvalue weighted by Gasteiger charge is 2.17. The van der Waals surface area contributed by atoms with Crippen molar-refractivity contribution in [1.82, 2.24) is 0 Å². The SMILES string of the molecule is O=C1CCCc2cc(Oc3cccc(Oc4ccccc4)c3)ccc21. The van der Waals surface area contributed by atoms with Gasteiger partial charge < -0.3 is 9.47 Å². The van der Waals surface area contributed by atoms with Crippen LogP contribution in [0.1, 0.15) is 28.8 Å². The Labute approximate surface area is 146 Å². The highest BCUT2D eigenvalue weighted by molar-refractivity contribution is 5.98. The van der Waals surface area contributed by atoms with Gasteiger partial charge in [0.1, 0.15) is 23.0 Å². The van der Waals surface area contributed by atoms with E-state index < -0.39 is 0 Å². The van der Waals surface area contributed by atoms with Crippen LogP contribution < -0.4 is 9.47 Å². The van der Waals surface area contributed by atoms with Crippen LogP contribution in [0.5, 0.6) is 23.0 Å². The third kappa shape index (κ3) is 3.56.